The highest BCUT2D eigenvalue weighted by Crippen LogP contribution is 2.21. The topological polar surface area (TPSA) is 62.9 Å². The fraction of sp³-hybridized carbons (Fsp3) is 0.583. The smallest absolute Gasteiger partial charge is 0.310 e. The van der Waals surface area contributed by atoms with Crippen LogP contribution in [0.1, 0.15) is 11.3 Å². The number of carboxylic acid groups (broad SMARTS) is 1. The zero-order valence-corrected chi connectivity index (χ0v) is 10.0. The first-order valence-electron chi connectivity index (χ1n) is 5.63. The number of hydrogen-bond donors (Lipinski definition) is 1. The van der Waals surface area contributed by atoms with Crippen molar-refractivity contribution >= 4 is 5.97 Å². The van der Waals surface area contributed by atoms with Crippen molar-refractivity contribution in [2.24, 2.45) is 5.92 Å². The van der Waals surface area contributed by atoms with Crippen LogP contribution in [0.5, 0.6) is 0 Å². The van der Waals surface area contributed by atoms with Gasteiger partial charge in [0.1, 0.15) is 5.76 Å². The van der Waals surface area contributed by atoms with E-state index in [2.05, 4.69) is 0 Å². The fourth-order valence-electron chi connectivity index (χ4n) is 2.12. The Morgan fingerprint density at radius 1 is 1.59 bits per heavy atom. The summed E-state index contributed by atoms with van der Waals surface area (Å²) in [5, 5.41) is 9.08. The SMILES string of the molecule is Cc1ccoc1CN(C)C1COCC1C(=O)O. The van der Waals surface area contributed by atoms with Crippen molar-refractivity contribution in [2.45, 2.75) is 19.5 Å². The molecule has 2 atom stereocenters. The number of rotatable bonds is 4. The van der Waals surface area contributed by atoms with Gasteiger partial charge in [0.05, 0.1) is 31.9 Å². The first kappa shape index (κ1) is 12.1. The minimum absolute atomic E-state index is 0.0861. The summed E-state index contributed by atoms with van der Waals surface area (Å²) in [4.78, 5) is 13.0. The highest BCUT2D eigenvalue weighted by molar-refractivity contribution is 5.71. The number of furan rings is 1. The molecule has 0 amide bonds. The van der Waals surface area contributed by atoms with Crippen LogP contribution in [0.15, 0.2) is 16.7 Å². The van der Waals surface area contributed by atoms with Crippen LogP contribution in [-0.2, 0) is 16.1 Å². The van der Waals surface area contributed by atoms with Gasteiger partial charge in [-0.05, 0) is 25.6 Å². The third-order valence-electron chi connectivity index (χ3n) is 3.30. The molecule has 1 aliphatic heterocycles. The van der Waals surface area contributed by atoms with E-state index in [9.17, 15) is 4.79 Å². The van der Waals surface area contributed by atoms with Crippen LogP contribution in [0, 0.1) is 12.8 Å². The Bertz CT molecular complexity index is 401. The molecule has 0 radical (unpaired) electrons. The van der Waals surface area contributed by atoms with Gasteiger partial charge in [0.2, 0.25) is 0 Å². The van der Waals surface area contributed by atoms with Gasteiger partial charge in [-0.1, -0.05) is 0 Å². The molecular formula is C12H17NO4. The number of carbonyl (C=O) groups is 1. The van der Waals surface area contributed by atoms with Crippen molar-refractivity contribution in [3.8, 4) is 0 Å². The van der Waals surface area contributed by atoms with E-state index in [1.807, 2.05) is 24.9 Å². The second-order valence-corrected chi connectivity index (χ2v) is 4.49. The highest BCUT2D eigenvalue weighted by atomic mass is 16.5. The molecule has 2 rings (SSSR count). The second kappa shape index (κ2) is 4.89. The average molecular weight is 239 g/mol. The summed E-state index contributed by atoms with van der Waals surface area (Å²) in [7, 11) is 1.90. The van der Waals surface area contributed by atoms with Crippen LogP contribution < -0.4 is 0 Å². The Morgan fingerprint density at radius 3 is 2.94 bits per heavy atom. The van der Waals surface area contributed by atoms with Gasteiger partial charge < -0.3 is 14.3 Å². The molecule has 0 bridgehead atoms. The Balaban J connectivity index is 2.02. The molecule has 5 nitrogen and oxygen atoms in total. The summed E-state index contributed by atoms with van der Waals surface area (Å²) in [6.07, 6.45) is 1.65. The number of ether oxygens (including phenoxy) is 1. The molecule has 94 valence electrons. The monoisotopic (exact) mass is 239 g/mol. The molecule has 0 spiro atoms. The van der Waals surface area contributed by atoms with Gasteiger partial charge in [0.25, 0.3) is 0 Å². The lowest BCUT2D eigenvalue weighted by atomic mass is 10.0. The predicted molar refractivity (Wildman–Crippen MR) is 60.6 cm³/mol. The average Bonchev–Trinajstić information content (AvgIpc) is 2.87. The van der Waals surface area contributed by atoms with Crippen LogP contribution in [0.3, 0.4) is 0 Å². The van der Waals surface area contributed by atoms with E-state index < -0.39 is 11.9 Å². The maximum Gasteiger partial charge on any atom is 0.310 e. The van der Waals surface area contributed by atoms with Crippen LogP contribution in [0.2, 0.25) is 0 Å². The molecule has 1 aromatic heterocycles. The molecule has 0 aliphatic carbocycles. The number of carboxylic acids is 1. The molecule has 2 heterocycles. The van der Waals surface area contributed by atoms with Crippen LogP contribution in [0.25, 0.3) is 0 Å². The predicted octanol–water partition coefficient (Wildman–Crippen LogP) is 1.12. The van der Waals surface area contributed by atoms with Crippen molar-refractivity contribution in [3.05, 3.63) is 23.7 Å². The molecular weight excluding hydrogens is 222 g/mol. The summed E-state index contributed by atoms with van der Waals surface area (Å²) in [6, 6.07) is 1.82. The van der Waals surface area contributed by atoms with Gasteiger partial charge in [-0.2, -0.15) is 0 Å². The summed E-state index contributed by atoms with van der Waals surface area (Å²) < 4.78 is 10.6. The molecule has 1 fully saturated rings. The van der Waals surface area contributed by atoms with E-state index in [0.29, 0.717) is 19.8 Å². The molecule has 1 aliphatic rings. The van der Waals surface area contributed by atoms with Gasteiger partial charge >= 0.3 is 5.97 Å². The minimum atomic E-state index is -0.796. The van der Waals surface area contributed by atoms with Crippen molar-refractivity contribution in [2.75, 3.05) is 20.3 Å². The number of aryl methyl sites for hydroxylation is 1. The lowest BCUT2D eigenvalue weighted by Crippen LogP contribution is -2.40. The Hall–Kier alpha value is -1.33. The normalized spacial score (nSPS) is 24.4. The first-order valence-corrected chi connectivity index (χ1v) is 5.63. The summed E-state index contributed by atoms with van der Waals surface area (Å²) >= 11 is 0. The van der Waals surface area contributed by atoms with Crippen molar-refractivity contribution in [3.63, 3.8) is 0 Å². The van der Waals surface area contributed by atoms with Crippen LogP contribution in [0.4, 0.5) is 0 Å². The quantitative estimate of drug-likeness (QED) is 0.853. The zero-order chi connectivity index (χ0) is 12.4. The minimum Gasteiger partial charge on any atom is -0.481 e. The van der Waals surface area contributed by atoms with Gasteiger partial charge in [-0.3, -0.25) is 9.69 Å². The highest BCUT2D eigenvalue weighted by Gasteiger charge is 2.36. The van der Waals surface area contributed by atoms with Gasteiger partial charge in [-0.15, -0.1) is 0 Å². The number of hydrogen-bond acceptors (Lipinski definition) is 4. The zero-order valence-electron chi connectivity index (χ0n) is 10.0. The maximum absolute atomic E-state index is 11.1. The van der Waals surface area contributed by atoms with Crippen molar-refractivity contribution in [1.29, 1.82) is 0 Å². The van der Waals surface area contributed by atoms with E-state index in [1.165, 1.54) is 0 Å². The summed E-state index contributed by atoms with van der Waals surface area (Å²) in [6.45, 7) is 3.35. The Morgan fingerprint density at radius 2 is 2.35 bits per heavy atom. The van der Waals surface area contributed by atoms with Gasteiger partial charge in [0, 0.05) is 6.04 Å². The van der Waals surface area contributed by atoms with E-state index in [-0.39, 0.29) is 6.04 Å². The van der Waals surface area contributed by atoms with Crippen LogP contribution in [-0.4, -0.2) is 42.3 Å². The van der Waals surface area contributed by atoms with E-state index in [0.717, 1.165) is 11.3 Å². The van der Waals surface area contributed by atoms with E-state index >= 15 is 0 Å². The van der Waals surface area contributed by atoms with Crippen molar-refractivity contribution < 1.29 is 19.1 Å². The van der Waals surface area contributed by atoms with Gasteiger partial charge in [0.15, 0.2) is 0 Å². The lowest BCUT2D eigenvalue weighted by Gasteiger charge is -2.25. The molecule has 0 saturated carbocycles. The van der Waals surface area contributed by atoms with Crippen LogP contribution >= 0.6 is 0 Å². The molecule has 5 heteroatoms. The maximum atomic E-state index is 11.1. The Kier molecular flexibility index (Phi) is 3.49. The first-order chi connectivity index (χ1) is 8.09. The van der Waals surface area contributed by atoms with Gasteiger partial charge in [-0.25, -0.2) is 0 Å². The standard InChI is InChI=1S/C12H17NO4/c1-8-3-4-17-11(8)5-13(2)10-7-16-6-9(10)12(14)15/h3-4,9-10H,5-7H2,1-2H3,(H,14,15). The second-order valence-electron chi connectivity index (χ2n) is 4.49. The number of nitrogens with zero attached hydrogens (tertiary/aromatic N) is 1. The van der Waals surface area contributed by atoms with E-state index in [4.69, 9.17) is 14.3 Å². The number of aliphatic carboxylic acids is 1. The molecule has 1 N–H and O–H groups in total. The largest absolute Gasteiger partial charge is 0.481 e. The third kappa shape index (κ3) is 2.50. The molecule has 1 saturated heterocycles. The number of likely N-dealkylation sites (N-methyl/N-ethyl adjacent to an activating group) is 1. The molecule has 2 unspecified atom stereocenters. The molecule has 1 aromatic rings. The van der Waals surface area contributed by atoms with Crippen molar-refractivity contribution in [1.82, 2.24) is 4.90 Å². The Labute approximate surface area is 100.0 Å². The molecule has 0 aromatic carbocycles. The molecule has 17 heavy (non-hydrogen) atoms. The fourth-order valence-corrected chi connectivity index (χ4v) is 2.12. The van der Waals surface area contributed by atoms with E-state index in [1.54, 1.807) is 6.26 Å². The lowest BCUT2D eigenvalue weighted by molar-refractivity contribution is -0.143. The summed E-state index contributed by atoms with van der Waals surface area (Å²) in [5.41, 5.74) is 1.09. The summed E-state index contributed by atoms with van der Waals surface area (Å²) in [5.74, 6) is -0.366. The third-order valence-corrected chi connectivity index (χ3v) is 3.30.